The van der Waals surface area contributed by atoms with Crippen molar-refractivity contribution >= 4 is 11.7 Å². The van der Waals surface area contributed by atoms with Gasteiger partial charge < -0.3 is 14.8 Å². The Balaban J connectivity index is 2.13. The Morgan fingerprint density at radius 1 is 1.04 bits per heavy atom. The van der Waals surface area contributed by atoms with Gasteiger partial charge >= 0.3 is 5.97 Å². The number of hydrogen-bond acceptors (Lipinski definition) is 4. The molecule has 0 saturated carbocycles. The number of fused-ring (bicyclic) bond motifs is 1. The minimum absolute atomic E-state index is 0.0482. The van der Waals surface area contributed by atoms with Gasteiger partial charge in [-0.1, -0.05) is 50.2 Å². The predicted octanol–water partition coefficient (Wildman–Crippen LogP) is 4.49. The van der Waals surface area contributed by atoms with E-state index in [2.05, 4.69) is 25.2 Å². The van der Waals surface area contributed by atoms with Crippen molar-refractivity contribution in [3.8, 4) is 5.75 Å². The molecule has 1 aliphatic heterocycles. The van der Waals surface area contributed by atoms with Gasteiger partial charge in [-0.15, -0.1) is 0 Å². The van der Waals surface area contributed by atoms with E-state index in [1.54, 1.807) is 7.11 Å². The number of nitrogens with one attached hydrogen (secondary N) is 1. The molecule has 0 unspecified atom stereocenters. The van der Waals surface area contributed by atoms with Crippen LogP contribution in [0.25, 0.3) is 0 Å². The lowest BCUT2D eigenvalue weighted by Gasteiger charge is -2.46. The number of ether oxygens (including phenoxy) is 2. The normalized spacial score (nSPS) is 21.3. The van der Waals surface area contributed by atoms with Gasteiger partial charge in [-0.25, -0.2) is 0 Å². The molecule has 0 saturated heterocycles. The number of rotatable bonds is 3. The average molecular weight is 325 g/mol. The lowest BCUT2D eigenvalue weighted by Crippen LogP contribution is -2.40. The van der Waals surface area contributed by atoms with E-state index in [-0.39, 0.29) is 23.5 Å². The Bertz CT molecular complexity index is 754. The van der Waals surface area contributed by atoms with Crippen LogP contribution in [0.3, 0.4) is 0 Å². The first-order valence-electron chi connectivity index (χ1n) is 8.10. The second kappa shape index (κ2) is 6.19. The Morgan fingerprint density at radius 3 is 2.33 bits per heavy atom. The standard InChI is InChI=1S/C20H23NO3/c1-13(22)24-19-14-9-5-7-11-16(14)21-18(20(19,2)3)15-10-6-8-12-17(15)23-4/h5-12,18-19,21H,1-4H3/t18-,19-/m0/s1. The number of benzene rings is 2. The number of para-hydroxylation sites is 2. The summed E-state index contributed by atoms with van der Waals surface area (Å²) in [5, 5.41) is 3.61. The molecule has 1 N–H and O–H groups in total. The van der Waals surface area contributed by atoms with Crippen LogP contribution in [0.1, 0.15) is 44.0 Å². The molecule has 0 amide bonds. The van der Waals surface area contributed by atoms with Crippen LogP contribution < -0.4 is 10.1 Å². The molecule has 2 aromatic rings. The van der Waals surface area contributed by atoms with Crippen LogP contribution in [0.2, 0.25) is 0 Å². The molecule has 2 aromatic carbocycles. The first-order chi connectivity index (χ1) is 11.4. The number of hydrogen-bond donors (Lipinski definition) is 1. The number of carbonyl (C=O) groups excluding carboxylic acids is 1. The van der Waals surface area contributed by atoms with E-state index in [1.807, 2.05) is 42.5 Å². The van der Waals surface area contributed by atoms with Crippen LogP contribution in [0.15, 0.2) is 48.5 Å². The van der Waals surface area contributed by atoms with Crippen LogP contribution in [0.5, 0.6) is 5.75 Å². The second-order valence-corrected chi connectivity index (χ2v) is 6.72. The smallest absolute Gasteiger partial charge is 0.303 e. The van der Waals surface area contributed by atoms with Gasteiger partial charge in [-0.3, -0.25) is 4.79 Å². The third-order valence-electron chi connectivity index (χ3n) is 4.70. The molecular weight excluding hydrogens is 302 g/mol. The average Bonchev–Trinajstić information content (AvgIpc) is 2.57. The lowest BCUT2D eigenvalue weighted by atomic mass is 9.70. The van der Waals surface area contributed by atoms with E-state index in [9.17, 15) is 4.79 Å². The fraction of sp³-hybridized carbons (Fsp3) is 0.350. The van der Waals surface area contributed by atoms with Gasteiger partial charge in [0, 0.05) is 29.2 Å². The van der Waals surface area contributed by atoms with Crippen molar-refractivity contribution in [3.63, 3.8) is 0 Å². The van der Waals surface area contributed by atoms with Crippen molar-refractivity contribution < 1.29 is 14.3 Å². The summed E-state index contributed by atoms with van der Waals surface area (Å²) in [6.07, 6.45) is -0.331. The van der Waals surface area contributed by atoms with Crippen molar-refractivity contribution in [2.24, 2.45) is 5.41 Å². The Kier molecular flexibility index (Phi) is 4.22. The van der Waals surface area contributed by atoms with Crippen molar-refractivity contribution in [3.05, 3.63) is 59.7 Å². The highest BCUT2D eigenvalue weighted by molar-refractivity contribution is 5.68. The maximum atomic E-state index is 11.7. The Hall–Kier alpha value is -2.49. The van der Waals surface area contributed by atoms with Crippen LogP contribution in [-0.4, -0.2) is 13.1 Å². The van der Waals surface area contributed by atoms with Gasteiger partial charge in [-0.2, -0.15) is 0 Å². The van der Waals surface area contributed by atoms with E-state index >= 15 is 0 Å². The zero-order chi connectivity index (χ0) is 17.3. The zero-order valence-electron chi connectivity index (χ0n) is 14.5. The van der Waals surface area contributed by atoms with E-state index in [0.717, 1.165) is 22.6 Å². The Labute approximate surface area is 142 Å². The fourth-order valence-electron chi connectivity index (χ4n) is 3.52. The van der Waals surface area contributed by atoms with Crippen molar-refractivity contribution in [2.75, 3.05) is 12.4 Å². The highest BCUT2D eigenvalue weighted by atomic mass is 16.5. The van der Waals surface area contributed by atoms with Gasteiger partial charge in [0.2, 0.25) is 0 Å². The molecule has 1 heterocycles. The molecule has 3 rings (SSSR count). The van der Waals surface area contributed by atoms with Gasteiger partial charge in [0.1, 0.15) is 11.9 Å². The zero-order valence-corrected chi connectivity index (χ0v) is 14.5. The molecule has 0 aromatic heterocycles. The van der Waals surface area contributed by atoms with Crippen molar-refractivity contribution in [2.45, 2.75) is 32.9 Å². The predicted molar refractivity (Wildman–Crippen MR) is 94.1 cm³/mol. The molecule has 2 atom stereocenters. The number of methoxy groups -OCH3 is 1. The van der Waals surface area contributed by atoms with Gasteiger partial charge in [0.25, 0.3) is 0 Å². The molecule has 126 valence electrons. The molecule has 4 nitrogen and oxygen atoms in total. The summed E-state index contributed by atoms with van der Waals surface area (Å²) >= 11 is 0. The van der Waals surface area contributed by atoms with Crippen molar-refractivity contribution in [1.82, 2.24) is 0 Å². The maximum absolute atomic E-state index is 11.7. The Morgan fingerprint density at radius 2 is 1.67 bits per heavy atom. The fourth-order valence-corrected chi connectivity index (χ4v) is 3.52. The SMILES string of the molecule is COc1ccccc1[C@@H]1Nc2ccccc2[C@H](OC(C)=O)C1(C)C. The minimum atomic E-state index is -0.353. The largest absolute Gasteiger partial charge is 0.496 e. The van der Waals surface area contributed by atoms with Crippen molar-refractivity contribution in [1.29, 1.82) is 0 Å². The quantitative estimate of drug-likeness (QED) is 0.845. The third kappa shape index (κ3) is 2.73. The van der Waals surface area contributed by atoms with E-state index in [0.29, 0.717) is 0 Å². The molecule has 24 heavy (non-hydrogen) atoms. The lowest BCUT2D eigenvalue weighted by molar-refractivity contribution is -0.154. The van der Waals surface area contributed by atoms with E-state index < -0.39 is 0 Å². The van der Waals surface area contributed by atoms with Gasteiger partial charge in [0.05, 0.1) is 13.2 Å². The summed E-state index contributed by atoms with van der Waals surface area (Å²) in [5.74, 6) is 0.549. The van der Waals surface area contributed by atoms with Gasteiger partial charge in [-0.05, 0) is 12.1 Å². The summed E-state index contributed by atoms with van der Waals surface area (Å²) in [6, 6.07) is 15.9. The van der Waals surface area contributed by atoms with Crippen LogP contribution in [0, 0.1) is 5.41 Å². The molecule has 1 aliphatic rings. The van der Waals surface area contributed by atoms with E-state index in [1.165, 1.54) is 6.92 Å². The van der Waals surface area contributed by atoms with E-state index in [4.69, 9.17) is 9.47 Å². The number of carbonyl (C=O) groups is 1. The minimum Gasteiger partial charge on any atom is -0.496 e. The summed E-state index contributed by atoms with van der Waals surface area (Å²) in [7, 11) is 1.67. The molecular formula is C20H23NO3. The molecule has 4 heteroatoms. The highest BCUT2D eigenvalue weighted by Crippen LogP contribution is 2.54. The topological polar surface area (TPSA) is 47.6 Å². The summed E-state index contributed by atoms with van der Waals surface area (Å²) in [5.41, 5.74) is 2.69. The first kappa shape index (κ1) is 16.4. The summed E-state index contributed by atoms with van der Waals surface area (Å²) in [4.78, 5) is 11.7. The van der Waals surface area contributed by atoms with Crippen LogP contribution in [0.4, 0.5) is 5.69 Å². The molecule has 0 spiro atoms. The summed E-state index contributed by atoms with van der Waals surface area (Å²) < 4.78 is 11.3. The molecule has 0 aliphatic carbocycles. The summed E-state index contributed by atoms with van der Waals surface area (Å²) in [6.45, 7) is 5.68. The number of esters is 1. The molecule has 0 radical (unpaired) electrons. The second-order valence-electron chi connectivity index (χ2n) is 6.72. The third-order valence-corrected chi connectivity index (χ3v) is 4.70. The first-order valence-corrected chi connectivity index (χ1v) is 8.10. The highest BCUT2D eigenvalue weighted by Gasteiger charge is 2.46. The number of anilines is 1. The van der Waals surface area contributed by atoms with Crippen LogP contribution in [-0.2, 0) is 9.53 Å². The molecule has 0 fully saturated rings. The van der Waals surface area contributed by atoms with Gasteiger partial charge in [0.15, 0.2) is 0 Å². The van der Waals surface area contributed by atoms with Crippen LogP contribution >= 0.6 is 0 Å². The maximum Gasteiger partial charge on any atom is 0.303 e. The monoisotopic (exact) mass is 325 g/mol. The molecule has 0 bridgehead atoms.